The third-order valence-corrected chi connectivity index (χ3v) is 5.96. The number of anilines is 1. The molecule has 0 amide bonds. The largest absolute Gasteiger partial charge is 0.477 e. The molecular weight excluding hydrogens is 349 g/mol. The molecule has 4 N–H and O–H groups in total. The van der Waals surface area contributed by atoms with Gasteiger partial charge >= 0.3 is 5.97 Å². The lowest BCUT2D eigenvalue weighted by Crippen LogP contribution is -2.31. The van der Waals surface area contributed by atoms with Crippen LogP contribution >= 0.6 is 11.8 Å². The molecule has 1 aromatic carbocycles. The van der Waals surface area contributed by atoms with Gasteiger partial charge in [0.25, 0.3) is 0 Å². The number of fused-ring (bicyclic) bond motifs is 3. The maximum absolute atomic E-state index is 14.6. The van der Waals surface area contributed by atoms with Gasteiger partial charge in [-0.25, -0.2) is 9.18 Å². The quantitative estimate of drug-likeness (QED) is 0.744. The fourth-order valence-electron chi connectivity index (χ4n) is 3.48. The summed E-state index contributed by atoms with van der Waals surface area (Å²) in [7, 11) is 0. The summed E-state index contributed by atoms with van der Waals surface area (Å²) in [5.74, 6) is -1.93. The molecule has 2 aliphatic rings. The first-order valence-corrected chi connectivity index (χ1v) is 8.73. The van der Waals surface area contributed by atoms with E-state index in [0.29, 0.717) is 29.3 Å². The van der Waals surface area contributed by atoms with Crippen molar-refractivity contribution in [2.75, 3.05) is 24.6 Å². The number of aliphatic hydroxyl groups is 1. The van der Waals surface area contributed by atoms with Crippen LogP contribution in [0.2, 0.25) is 0 Å². The normalized spacial score (nSPS) is 22.1. The summed E-state index contributed by atoms with van der Waals surface area (Å²) in [5, 5.41) is 18.7. The Morgan fingerprint density at radius 1 is 1.44 bits per heavy atom. The molecule has 0 saturated carbocycles. The lowest BCUT2D eigenvalue weighted by atomic mass is 10.1. The van der Waals surface area contributed by atoms with Crippen LogP contribution in [0.1, 0.15) is 22.2 Å². The van der Waals surface area contributed by atoms with Gasteiger partial charge in [0.05, 0.1) is 22.8 Å². The highest BCUT2D eigenvalue weighted by atomic mass is 32.2. The van der Waals surface area contributed by atoms with Crippen molar-refractivity contribution in [1.29, 1.82) is 0 Å². The number of thioether (sulfide) groups is 1. The number of halogens is 1. The van der Waals surface area contributed by atoms with Crippen molar-refractivity contribution in [2.24, 2.45) is 5.73 Å². The highest BCUT2D eigenvalue weighted by Gasteiger charge is 2.35. The molecule has 9 heteroatoms. The Morgan fingerprint density at radius 3 is 2.80 bits per heavy atom. The highest BCUT2D eigenvalue weighted by molar-refractivity contribution is 8.00. The van der Waals surface area contributed by atoms with Crippen LogP contribution < -0.4 is 16.1 Å². The van der Waals surface area contributed by atoms with Gasteiger partial charge in [-0.15, -0.1) is 0 Å². The van der Waals surface area contributed by atoms with E-state index >= 15 is 0 Å². The number of nitrogens with zero attached hydrogens (tertiary/aromatic N) is 2. The van der Waals surface area contributed by atoms with Crippen LogP contribution in [-0.2, 0) is 0 Å². The molecule has 1 saturated heterocycles. The second-order valence-electron chi connectivity index (χ2n) is 6.26. The number of aromatic nitrogens is 1. The van der Waals surface area contributed by atoms with E-state index in [1.54, 1.807) is 10.6 Å². The van der Waals surface area contributed by atoms with Gasteiger partial charge in [0.15, 0.2) is 0 Å². The van der Waals surface area contributed by atoms with Crippen LogP contribution in [0.15, 0.2) is 22.0 Å². The van der Waals surface area contributed by atoms with E-state index < -0.39 is 22.6 Å². The molecule has 25 heavy (non-hydrogen) atoms. The number of hydrogen-bond donors (Lipinski definition) is 3. The highest BCUT2D eigenvalue weighted by Crippen LogP contribution is 2.46. The zero-order valence-electron chi connectivity index (χ0n) is 13.1. The van der Waals surface area contributed by atoms with Crippen LogP contribution in [0.4, 0.5) is 10.1 Å². The van der Waals surface area contributed by atoms with Crippen molar-refractivity contribution < 1.29 is 19.4 Å². The molecule has 3 heterocycles. The molecule has 2 atom stereocenters. The molecule has 0 radical (unpaired) electrons. The number of aliphatic hydroxyl groups excluding tert-OH is 1. The van der Waals surface area contributed by atoms with Crippen LogP contribution in [0.3, 0.4) is 0 Å². The fraction of sp³-hybridized carbons (Fsp3) is 0.375. The van der Waals surface area contributed by atoms with Crippen LogP contribution in [-0.4, -0.2) is 46.5 Å². The van der Waals surface area contributed by atoms with Crippen LogP contribution in [0, 0.1) is 5.82 Å². The standard InChI is InChI=1S/C16H16FN3O4S/c17-9-3-8-10(4-11(9)19-2-1-7(18)5-19)20-12(6-21)25-15(20)13(14(8)22)16(23)24/h3-4,7,12,21H,1-2,5-6,18H2,(H,23,24)/t7-,12?/m0/s1. The Bertz CT molecular complexity index is 961. The molecule has 1 fully saturated rings. The number of aromatic carboxylic acids is 1. The first-order valence-electron chi connectivity index (χ1n) is 7.85. The maximum atomic E-state index is 14.6. The summed E-state index contributed by atoms with van der Waals surface area (Å²) in [6.45, 7) is 0.924. The van der Waals surface area contributed by atoms with Gasteiger partial charge in [-0.3, -0.25) is 4.79 Å². The summed E-state index contributed by atoms with van der Waals surface area (Å²) in [4.78, 5) is 25.8. The third-order valence-electron chi connectivity index (χ3n) is 4.70. The van der Waals surface area contributed by atoms with E-state index in [9.17, 15) is 24.2 Å². The van der Waals surface area contributed by atoms with Gasteiger partial charge in [0.2, 0.25) is 5.43 Å². The molecule has 0 bridgehead atoms. The van der Waals surface area contributed by atoms with E-state index in [1.165, 1.54) is 0 Å². The molecule has 132 valence electrons. The fourth-order valence-corrected chi connectivity index (χ4v) is 4.62. The number of carboxylic acids is 1. The molecule has 1 aromatic heterocycles. The zero-order chi connectivity index (χ0) is 17.9. The molecule has 4 rings (SSSR count). The number of rotatable bonds is 3. The van der Waals surface area contributed by atoms with Crippen molar-refractivity contribution in [3.63, 3.8) is 0 Å². The SMILES string of the molecule is N[C@H]1CCN(c2cc3c(cc2F)c(=O)c(C(=O)O)c2n3C(CO)S2)C1. The molecule has 1 unspecified atom stereocenters. The van der Waals surface area contributed by atoms with Gasteiger partial charge in [-0.2, -0.15) is 0 Å². The Labute approximate surface area is 145 Å². The summed E-state index contributed by atoms with van der Waals surface area (Å²) in [6, 6.07) is 2.62. The summed E-state index contributed by atoms with van der Waals surface area (Å²) >= 11 is 1.13. The second-order valence-corrected chi connectivity index (χ2v) is 7.42. The maximum Gasteiger partial charge on any atom is 0.342 e. The minimum atomic E-state index is -1.35. The predicted molar refractivity (Wildman–Crippen MR) is 91.9 cm³/mol. The van der Waals surface area contributed by atoms with Crippen molar-refractivity contribution in [3.8, 4) is 0 Å². The van der Waals surface area contributed by atoms with E-state index in [0.717, 1.165) is 24.2 Å². The summed E-state index contributed by atoms with van der Waals surface area (Å²) < 4.78 is 16.2. The molecule has 0 aliphatic carbocycles. The number of hydrogen-bond acceptors (Lipinski definition) is 6. The van der Waals surface area contributed by atoms with Gasteiger partial charge in [0.1, 0.15) is 16.8 Å². The molecule has 7 nitrogen and oxygen atoms in total. The zero-order valence-corrected chi connectivity index (χ0v) is 13.9. The third kappa shape index (κ3) is 2.34. The average molecular weight is 365 g/mol. The monoisotopic (exact) mass is 365 g/mol. The van der Waals surface area contributed by atoms with Crippen molar-refractivity contribution in [1.82, 2.24) is 4.57 Å². The predicted octanol–water partition coefficient (Wildman–Crippen LogP) is 0.973. The van der Waals surface area contributed by atoms with Crippen molar-refractivity contribution >= 4 is 34.3 Å². The van der Waals surface area contributed by atoms with Crippen LogP contribution in [0.5, 0.6) is 0 Å². The second kappa shape index (κ2) is 5.72. The first-order chi connectivity index (χ1) is 11.9. The minimum absolute atomic E-state index is 0.00430. The summed E-state index contributed by atoms with van der Waals surface area (Å²) in [6.07, 6.45) is 0.753. The molecule has 2 aliphatic heterocycles. The Kier molecular flexibility index (Phi) is 3.75. The van der Waals surface area contributed by atoms with Gasteiger partial charge in [0, 0.05) is 24.5 Å². The lowest BCUT2D eigenvalue weighted by Gasteiger charge is -2.34. The van der Waals surface area contributed by atoms with E-state index in [2.05, 4.69) is 0 Å². The Morgan fingerprint density at radius 2 is 2.20 bits per heavy atom. The number of carbonyl (C=O) groups is 1. The molecular formula is C16H16FN3O4S. The number of pyridine rings is 1. The van der Waals surface area contributed by atoms with Gasteiger partial charge in [-0.1, -0.05) is 11.8 Å². The van der Waals surface area contributed by atoms with E-state index in [1.807, 2.05) is 4.90 Å². The summed E-state index contributed by atoms with van der Waals surface area (Å²) in [5.41, 5.74) is 5.58. The van der Waals surface area contributed by atoms with Crippen LogP contribution in [0.25, 0.3) is 10.9 Å². The lowest BCUT2D eigenvalue weighted by molar-refractivity contribution is 0.0688. The number of carboxylic acid groups (broad SMARTS) is 1. The minimum Gasteiger partial charge on any atom is -0.477 e. The topological polar surface area (TPSA) is 109 Å². The van der Waals surface area contributed by atoms with Crippen molar-refractivity contribution in [3.05, 3.63) is 33.7 Å². The molecule has 0 spiro atoms. The van der Waals surface area contributed by atoms with E-state index in [4.69, 9.17) is 5.73 Å². The van der Waals surface area contributed by atoms with Crippen molar-refractivity contribution in [2.45, 2.75) is 22.9 Å². The number of nitrogens with two attached hydrogens (primary N) is 1. The van der Waals surface area contributed by atoms with E-state index in [-0.39, 0.29) is 23.6 Å². The average Bonchev–Trinajstić information content (AvgIpc) is 2.96. The van der Waals surface area contributed by atoms with Gasteiger partial charge < -0.3 is 25.4 Å². The smallest absolute Gasteiger partial charge is 0.342 e. The first kappa shape index (κ1) is 16.4. The Balaban J connectivity index is 1.99. The number of benzene rings is 1. The van der Waals surface area contributed by atoms with Gasteiger partial charge in [-0.05, 0) is 18.6 Å². The Hall–Kier alpha value is -2.10. The molecule has 2 aromatic rings.